The van der Waals surface area contributed by atoms with Crippen LogP contribution in [0.4, 0.5) is 0 Å². The molecule has 2 fully saturated rings. The van der Waals surface area contributed by atoms with Crippen molar-refractivity contribution in [3.8, 4) is 0 Å². The number of carbonyl (C=O) groups excluding carboxylic acids is 2. The lowest BCUT2D eigenvalue weighted by Gasteiger charge is -2.40. The molecule has 0 aliphatic heterocycles. The summed E-state index contributed by atoms with van der Waals surface area (Å²) in [7, 11) is 0. The van der Waals surface area contributed by atoms with Crippen molar-refractivity contribution in [2.24, 2.45) is 0 Å². The summed E-state index contributed by atoms with van der Waals surface area (Å²) < 4.78 is 0. The van der Waals surface area contributed by atoms with E-state index in [9.17, 15) is 9.59 Å². The quantitative estimate of drug-likeness (QED) is 0.856. The Hall–Kier alpha value is -2.76. The van der Waals surface area contributed by atoms with Gasteiger partial charge in [-0.2, -0.15) is 0 Å². The Morgan fingerprint density at radius 1 is 0.929 bits per heavy atom. The van der Waals surface area contributed by atoms with Gasteiger partial charge in [-0.3, -0.25) is 14.6 Å². The molecule has 2 amide bonds. The first-order valence-electron chi connectivity index (χ1n) is 9.89. The topological polar surface area (TPSA) is 84.0 Å². The Morgan fingerprint density at radius 3 is 2.29 bits per heavy atom. The third kappa shape index (κ3) is 3.63. The van der Waals surface area contributed by atoms with Crippen molar-refractivity contribution in [3.05, 3.63) is 59.2 Å². The van der Waals surface area contributed by atoms with Gasteiger partial charge in [-0.25, -0.2) is 4.98 Å². The van der Waals surface area contributed by atoms with Gasteiger partial charge in [0.25, 0.3) is 11.8 Å². The Bertz CT molecular complexity index is 911. The standard InChI is InChI=1S/C22H26N4O2/c1-15-5-3-6-17(11-15)19(27)25-21-7-4-8-22(14-21,10-9-21)26-20(28)18-13-23-16(2)12-24-18/h3,5-6,11-13H,4,7-10,14H2,1-2H3,(H,25,27)(H,26,28). The minimum atomic E-state index is -0.276. The van der Waals surface area contributed by atoms with Crippen LogP contribution in [0.25, 0.3) is 0 Å². The lowest BCUT2D eigenvalue weighted by molar-refractivity contribution is 0.0829. The van der Waals surface area contributed by atoms with Gasteiger partial charge in [0, 0.05) is 22.8 Å². The van der Waals surface area contributed by atoms with Crippen molar-refractivity contribution < 1.29 is 9.59 Å². The number of carbonyl (C=O) groups is 2. The second-order valence-corrected chi connectivity index (χ2v) is 8.41. The molecule has 1 heterocycles. The van der Waals surface area contributed by atoms with Crippen LogP contribution in [0, 0.1) is 13.8 Å². The minimum Gasteiger partial charge on any atom is -0.347 e. The summed E-state index contributed by atoms with van der Waals surface area (Å²) in [5, 5.41) is 6.51. The van der Waals surface area contributed by atoms with Gasteiger partial charge < -0.3 is 10.6 Å². The molecule has 2 aliphatic rings. The molecular formula is C22H26N4O2. The molecule has 2 atom stereocenters. The van der Waals surface area contributed by atoms with Crippen molar-refractivity contribution in [3.63, 3.8) is 0 Å². The predicted molar refractivity (Wildman–Crippen MR) is 106 cm³/mol. The Labute approximate surface area is 165 Å². The first kappa shape index (κ1) is 18.6. The molecule has 2 saturated carbocycles. The number of hydrogen-bond acceptors (Lipinski definition) is 4. The predicted octanol–water partition coefficient (Wildman–Crippen LogP) is 3.10. The second-order valence-electron chi connectivity index (χ2n) is 8.41. The van der Waals surface area contributed by atoms with Gasteiger partial charge in [0.2, 0.25) is 0 Å². The number of fused-ring (bicyclic) bond motifs is 2. The number of amides is 2. The zero-order valence-electron chi connectivity index (χ0n) is 16.4. The highest BCUT2D eigenvalue weighted by Gasteiger charge is 2.52. The average Bonchev–Trinajstić information content (AvgIpc) is 2.92. The molecule has 28 heavy (non-hydrogen) atoms. The number of nitrogens with zero attached hydrogens (tertiary/aromatic N) is 2. The molecule has 1 aromatic heterocycles. The van der Waals surface area contributed by atoms with Crippen LogP contribution < -0.4 is 10.6 Å². The Kier molecular flexibility index (Phi) is 4.65. The van der Waals surface area contributed by atoms with E-state index in [1.807, 2.05) is 38.1 Å². The van der Waals surface area contributed by atoms with Gasteiger partial charge >= 0.3 is 0 Å². The highest BCUT2D eigenvalue weighted by Crippen LogP contribution is 2.48. The molecule has 1 aromatic carbocycles. The number of hydrogen-bond donors (Lipinski definition) is 2. The fourth-order valence-electron chi connectivity index (χ4n) is 4.75. The van der Waals surface area contributed by atoms with Gasteiger partial charge in [-0.1, -0.05) is 17.7 Å². The van der Waals surface area contributed by atoms with Gasteiger partial charge in [0.05, 0.1) is 11.9 Å². The van der Waals surface area contributed by atoms with E-state index in [1.165, 1.54) is 6.20 Å². The maximum Gasteiger partial charge on any atom is 0.271 e. The summed E-state index contributed by atoms with van der Waals surface area (Å²) >= 11 is 0. The molecule has 2 bridgehead atoms. The summed E-state index contributed by atoms with van der Waals surface area (Å²) in [4.78, 5) is 33.9. The molecule has 6 nitrogen and oxygen atoms in total. The smallest absolute Gasteiger partial charge is 0.271 e. The van der Waals surface area contributed by atoms with E-state index < -0.39 is 0 Å². The van der Waals surface area contributed by atoms with E-state index in [4.69, 9.17) is 0 Å². The number of aryl methyl sites for hydroxylation is 2. The third-order valence-corrected chi connectivity index (χ3v) is 6.12. The Morgan fingerprint density at radius 2 is 1.64 bits per heavy atom. The van der Waals surface area contributed by atoms with Crippen molar-refractivity contribution in [2.75, 3.05) is 0 Å². The number of aromatic nitrogens is 2. The van der Waals surface area contributed by atoms with Gasteiger partial charge in [-0.15, -0.1) is 0 Å². The first-order valence-corrected chi connectivity index (χ1v) is 9.89. The second kappa shape index (κ2) is 7.00. The number of benzene rings is 1. The van der Waals surface area contributed by atoms with E-state index in [0.29, 0.717) is 11.3 Å². The fourth-order valence-corrected chi connectivity index (χ4v) is 4.75. The molecule has 146 valence electrons. The van der Waals surface area contributed by atoms with Crippen molar-refractivity contribution in [1.82, 2.24) is 20.6 Å². The normalized spacial score (nSPS) is 25.9. The minimum absolute atomic E-state index is 0.0304. The summed E-state index contributed by atoms with van der Waals surface area (Å²) in [6.07, 6.45) is 8.50. The first-order chi connectivity index (χ1) is 13.4. The maximum absolute atomic E-state index is 12.8. The SMILES string of the molecule is Cc1cccc(C(=O)NC23CCCC(NC(=O)c4cnc(C)cn4)(CC2)C3)c1. The third-order valence-electron chi connectivity index (χ3n) is 6.12. The molecule has 0 radical (unpaired) electrons. The highest BCUT2D eigenvalue weighted by molar-refractivity contribution is 5.95. The van der Waals surface area contributed by atoms with E-state index in [-0.39, 0.29) is 22.9 Å². The maximum atomic E-state index is 12.8. The molecule has 0 spiro atoms. The average molecular weight is 378 g/mol. The Balaban J connectivity index is 1.47. The molecule has 4 rings (SSSR count). The molecule has 0 saturated heterocycles. The van der Waals surface area contributed by atoms with Crippen molar-refractivity contribution >= 4 is 11.8 Å². The summed E-state index contributed by atoms with van der Waals surface area (Å²) in [5.41, 5.74) is 2.36. The van der Waals surface area contributed by atoms with Crippen LogP contribution in [-0.4, -0.2) is 32.9 Å². The summed E-state index contributed by atoms with van der Waals surface area (Å²) in [6, 6.07) is 7.65. The van der Waals surface area contributed by atoms with Crippen LogP contribution in [0.1, 0.15) is 70.6 Å². The number of nitrogens with one attached hydrogen (secondary N) is 2. The molecule has 2 aliphatic carbocycles. The van der Waals surface area contributed by atoms with E-state index in [2.05, 4.69) is 20.6 Å². The van der Waals surface area contributed by atoms with Crippen LogP contribution in [0.15, 0.2) is 36.7 Å². The van der Waals surface area contributed by atoms with Crippen LogP contribution in [0.5, 0.6) is 0 Å². The largest absolute Gasteiger partial charge is 0.347 e. The molecular weight excluding hydrogens is 352 g/mol. The lowest BCUT2D eigenvalue weighted by Crippen LogP contribution is -2.55. The van der Waals surface area contributed by atoms with Gasteiger partial charge in [0.15, 0.2) is 0 Å². The molecule has 2 aromatic rings. The van der Waals surface area contributed by atoms with Crippen molar-refractivity contribution in [2.45, 2.75) is 63.5 Å². The zero-order chi connectivity index (χ0) is 19.8. The van der Waals surface area contributed by atoms with Crippen LogP contribution in [0.2, 0.25) is 0 Å². The fraction of sp³-hybridized carbons (Fsp3) is 0.455. The van der Waals surface area contributed by atoms with Gasteiger partial charge in [0.1, 0.15) is 5.69 Å². The number of rotatable bonds is 4. The van der Waals surface area contributed by atoms with E-state index in [1.54, 1.807) is 6.20 Å². The van der Waals surface area contributed by atoms with Crippen LogP contribution in [-0.2, 0) is 0 Å². The van der Waals surface area contributed by atoms with Crippen LogP contribution >= 0.6 is 0 Å². The summed E-state index contributed by atoms with van der Waals surface area (Å²) in [6.45, 7) is 3.83. The van der Waals surface area contributed by atoms with Crippen molar-refractivity contribution in [1.29, 1.82) is 0 Å². The van der Waals surface area contributed by atoms with Crippen LogP contribution in [0.3, 0.4) is 0 Å². The van der Waals surface area contributed by atoms with E-state index in [0.717, 1.165) is 49.8 Å². The molecule has 2 N–H and O–H groups in total. The van der Waals surface area contributed by atoms with E-state index >= 15 is 0 Å². The van der Waals surface area contributed by atoms with Gasteiger partial charge in [-0.05, 0) is 64.5 Å². The lowest BCUT2D eigenvalue weighted by atomic mass is 9.78. The highest BCUT2D eigenvalue weighted by atomic mass is 16.2. The molecule has 2 unspecified atom stereocenters. The monoisotopic (exact) mass is 378 g/mol. The summed E-state index contributed by atoms with van der Waals surface area (Å²) in [5.74, 6) is -0.215. The zero-order valence-corrected chi connectivity index (χ0v) is 16.4. The molecule has 6 heteroatoms.